The van der Waals surface area contributed by atoms with Gasteiger partial charge in [-0.15, -0.1) is 11.8 Å². The average Bonchev–Trinajstić information content (AvgIpc) is 3.25. The molecular formula is C21H21N5O3S2. The lowest BCUT2D eigenvalue weighted by atomic mass is 10.0. The van der Waals surface area contributed by atoms with E-state index in [1.54, 1.807) is 34.2 Å². The van der Waals surface area contributed by atoms with E-state index >= 15 is 0 Å². The summed E-state index contributed by atoms with van der Waals surface area (Å²) in [6.45, 7) is 1.25. The minimum atomic E-state index is -0.466. The summed E-state index contributed by atoms with van der Waals surface area (Å²) in [6.07, 6.45) is 5.51. The summed E-state index contributed by atoms with van der Waals surface area (Å²) >= 11 is 3.31. The van der Waals surface area contributed by atoms with Crippen molar-refractivity contribution in [1.29, 1.82) is 0 Å². The average molecular weight is 456 g/mol. The van der Waals surface area contributed by atoms with E-state index in [-0.39, 0.29) is 17.6 Å². The Morgan fingerprint density at radius 3 is 2.84 bits per heavy atom. The van der Waals surface area contributed by atoms with Crippen LogP contribution in [0.25, 0.3) is 0 Å². The molecule has 1 atom stereocenters. The first-order valence-electron chi connectivity index (χ1n) is 9.87. The Balaban J connectivity index is 1.32. The number of carbonyl (C=O) groups excluding carboxylic acids is 1. The van der Waals surface area contributed by atoms with Crippen LogP contribution in [0.15, 0.2) is 59.1 Å². The van der Waals surface area contributed by atoms with Crippen molar-refractivity contribution >= 4 is 39.8 Å². The molecule has 0 saturated carbocycles. The van der Waals surface area contributed by atoms with Gasteiger partial charge in [0.15, 0.2) is 5.13 Å². The molecule has 0 unspecified atom stereocenters. The first kappa shape index (κ1) is 21.3. The number of likely N-dealkylation sites (tertiary alicyclic amines) is 1. The third-order valence-corrected chi connectivity index (χ3v) is 7.09. The smallest absolute Gasteiger partial charge is 0.269 e. The number of nitrogens with zero attached hydrogens (tertiary/aromatic N) is 4. The SMILES string of the molecule is O=C(c1ccc([N+](=O)[O-])cc1)N1CCC[C@@H](Nc2ncc(SCc3ccccn3)s2)C1. The number of piperidine rings is 1. The number of hydrogen-bond donors (Lipinski definition) is 1. The van der Waals surface area contributed by atoms with Crippen molar-refractivity contribution in [2.75, 3.05) is 18.4 Å². The fourth-order valence-electron chi connectivity index (χ4n) is 3.38. The number of thiazole rings is 1. The molecule has 1 aromatic carbocycles. The monoisotopic (exact) mass is 455 g/mol. The fraction of sp³-hybridized carbons (Fsp3) is 0.286. The molecule has 3 aromatic rings. The third kappa shape index (κ3) is 5.59. The van der Waals surface area contributed by atoms with Gasteiger partial charge in [-0.1, -0.05) is 17.4 Å². The summed E-state index contributed by atoms with van der Waals surface area (Å²) in [7, 11) is 0. The summed E-state index contributed by atoms with van der Waals surface area (Å²) in [6, 6.07) is 11.8. The van der Waals surface area contributed by atoms with Crippen LogP contribution in [0.3, 0.4) is 0 Å². The number of amides is 1. The van der Waals surface area contributed by atoms with Gasteiger partial charge in [-0.25, -0.2) is 4.98 Å². The van der Waals surface area contributed by atoms with Gasteiger partial charge >= 0.3 is 0 Å². The Labute approximate surface area is 187 Å². The number of carbonyl (C=O) groups is 1. The van der Waals surface area contributed by atoms with Crippen LogP contribution in [-0.2, 0) is 5.75 Å². The highest BCUT2D eigenvalue weighted by Crippen LogP contribution is 2.31. The van der Waals surface area contributed by atoms with Crippen molar-refractivity contribution < 1.29 is 9.72 Å². The minimum Gasteiger partial charge on any atom is -0.357 e. The van der Waals surface area contributed by atoms with Crippen LogP contribution in [0.4, 0.5) is 10.8 Å². The minimum absolute atomic E-state index is 0.0183. The van der Waals surface area contributed by atoms with Gasteiger partial charge < -0.3 is 10.2 Å². The number of hydrogen-bond acceptors (Lipinski definition) is 8. The first-order chi connectivity index (χ1) is 15.1. The molecule has 1 amide bonds. The molecule has 0 aliphatic carbocycles. The van der Waals surface area contributed by atoms with Crippen molar-refractivity contribution in [3.05, 3.63) is 76.2 Å². The molecule has 160 valence electrons. The van der Waals surface area contributed by atoms with E-state index < -0.39 is 4.92 Å². The summed E-state index contributed by atoms with van der Waals surface area (Å²) in [4.78, 5) is 33.8. The number of nitro groups is 1. The molecule has 1 aliphatic heterocycles. The number of aromatic nitrogens is 2. The van der Waals surface area contributed by atoms with Crippen LogP contribution >= 0.6 is 23.1 Å². The van der Waals surface area contributed by atoms with Crippen LogP contribution in [0.5, 0.6) is 0 Å². The topological polar surface area (TPSA) is 101 Å². The van der Waals surface area contributed by atoms with Gasteiger partial charge in [-0.05, 0) is 37.1 Å². The molecule has 1 fully saturated rings. The second kappa shape index (κ2) is 9.88. The highest BCUT2D eigenvalue weighted by Gasteiger charge is 2.25. The van der Waals surface area contributed by atoms with Crippen LogP contribution in [0.2, 0.25) is 0 Å². The Morgan fingerprint density at radius 1 is 1.26 bits per heavy atom. The van der Waals surface area contributed by atoms with E-state index in [2.05, 4.69) is 15.3 Å². The zero-order valence-electron chi connectivity index (χ0n) is 16.6. The zero-order chi connectivity index (χ0) is 21.6. The standard InChI is InChI=1S/C21H21N5O3S2/c27-20(15-6-8-18(9-7-15)26(28)29)25-11-3-5-16(13-25)24-21-23-12-19(31-21)30-14-17-4-1-2-10-22-17/h1-2,4,6-10,12,16H,3,5,11,13-14H2,(H,23,24)/t16-/m1/s1. The van der Waals surface area contributed by atoms with Gasteiger partial charge in [0.05, 0.1) is 21.0 Å². The van der Waals surface area contributed by atoms with Gasteiger partial charge in [0.2, 0.25) is 0 Å². The number of nitro benzene ring substituents is 1. The molecule has 0 bridgehead atoms. The Morgan fingerprint density at radius 2 is 2.10 bits per heavy atom. The highest BCUT2D eigenvalue weighted by atomic mass is 32.2. The van der Waals surface area contributed by atoms with Crippen LogP contribution in [0, 0.1) is 10.1 Å². The number of benzene rings is 1. The van der Waals surface area contributed by atoms with Crippen LogP contribution in [0.1, 0.15) is 28.9 Å². The number of non-ortho nitro benzene ring substituents is 1. The van der Waals surface area contributed by atoms with E-state index in [0.717, 1.165) is 33.6 Å². The van der Waals surface area contributed by atoms with Crippen molar-refractivity contribution in [1.82, 2.24) is 14.9 Å². The van der Waals surface area contributed by atoms with E-state index in [4.69, 9.17) is 0 Å². The largest absolute Gasteiger partial charge is 0.357 e. The predicted molar refractivity (Wildman–Crippen MR) is 122 cm³/mol. The zero-order valence-corrected chi connectivity index (χ0v) is 18.3. The van der Waals surface area contributed by atoms with Crippen molar-refractivity contribution in [3.63, 3.8) is 0 Å². The maximum Gasteiger partial charge on any atom is 0.269 e. The van der Waals surface area contributed by atoms with Crippen LogP contribution < -0.4 is 5.32 Å². The third-order valence-electron chi connectivity index (χ3n) is 4.93. The molecule has 1 saturated heterocycles. The molecular weight excluding hydrogens is 434 g/mol. The lowest BCUT2D eigenvalue weighted by Gasteiger charge is -2.33. The van der Waals surface area contributed by atoms with E-state index in [0.29, 0.717) is 18.7 Å². The molecule has 31 heavy (non-hydrogen) atoms. The lowest BCUT2D eigenvalue weighted by Crippen LogP contribution is -2.45. The molecule has 0 radical (unpaired) electrons. The predicted octanol–water partition coefficient (Wildman–Crippen LogP) is 4.46. The maximum absolute atomic E-state index is 12.8. The summed E-state index contributed by atoms with van der Waals surface area (Å²) in [5, 5.41) is 15.1. The number of pyridine rings is 1. The van der Waals surface area contributed by atoms with Gasteiger partial charge in [-0.3, -0.25) is 19.9 Å². The van der Waals surface area contributed by atoms with E-state index in [9.17, 15) is 14.9 Å². The molecule has 4 rings (SSSR count). The van der Waals surface area contributed by atoms with Gasteiger partial charge in [-0.2, -0.15) is 0 Å². The number of nitrogens with one attached hydrogen (secondary N) is 1. The summed E-state index contributed by atoms with van der Waals surface area (Å²) in [5.74, 6) is 0.691. The lowest BCUT2D eigenvalue weighted by molar-refractivity contribution is -0.384. The second-order valence-electron chi connectivity index (χ2n) is 7.13. The Kier molecular flexibility index (Phi) is 6.78. The van der Waals surface area contributed by atoms with Crippen molar-refractivity contribution in [3.8, 4) is 0 Å². The Bertz CT molecular complexity index is 1040. The maximum atomic E-state index is 12.8. The van der Waals surface area contributed by atoms with Crippen LogP contribution in [-0.4, -0.2) is 44.8 Å². The molecule has 1 aliphatic rings. The molecule has 3 heterocycles. The highest BCUT2D eigenvalue weighted by molar-refractivity contribution is 8.00. The quantitative estimate of drug-likeness (QED) is 0.319. The van der Waals surface area contributed by atoms with Crippen molar-refractivity contribution in [2.45, 2.75) is 28.8 Å². The summed E-state index contributed by atoms with van der Waals surface area (Å²) < 4.78 is 1.11. The van der Waals surface area contributed by atoms with E-state index in [1.165, 1.54) is 24.3 Å². The summed E-state index contributed by atoms with van der Waals surface area (Å²) in [5.41, 5.74) is 1.48. The van der Waals surface area contributed by atoms with Gasteiger partial charge in [0.1, 0.15) is 0 Å². The number of rotatable bonds is 7. The van der Waals surface area contributed by atoms with E-state index in [1.807, 2.05) is 24.4 Å². The molecule has 2 aromatic heterocycles. The molecule has 0 spiro atoms. The Hall–Kier alpha value is -2.98. The second-order valence-corrected chi connectivity index (χ2v) is 9.44. The van der Waals surface area contributed by atoms with Crippen molar-refractivity contribution in [2.24, 2.45) is 0 Å². The molecule has 8 nitrogen and oxygen atoms in total. The molecule has 10 heteroatoms. The van der Waals surface area contributed by atoms with Gasteiger partial charge in [0, 0.05) is 48.8 Å². The number of anilines is 1. The van der Waals surface area contributed by atoms with Gasteiger partial charge in [0.25, 0.3) is 11.6 Å². The molecule has 1 N–H and O–H groups in total. The number of thioether (sulfide) groups is 1. The first-order valence-corrected chi connectivity index (χ1v) is 11.7. The normalized spacial score (nSPS) is 16.1. The fourth-order valence-corrected chi connectivity index (χ4v) is 5.25.